The van der Waals surface area contributed by atoms with E-state index in [0.717, 1.165) is 41.0 Å². The predicted octanol–water partition coefficient (Wildman–Crippen LogP) is 5.75. The van der Waals surface area contributed by atoms with Gasteiger partial charge in [0, 0.05) is 19.2 Å². The number of aromatic nitrogens is 1. The van der Waals surface area contributed by atoms with E-state index in [0.29, 0.717) is 28.9 Å². The number of halogens is 1. The molecular weight excluding hydrogens is 498 g/mol. The van der Waals surface area contributed by atoms with Crippen LogP contribution in [0.3, 0.4) is 0 Å². The van der Waals surface area contributed by atoms with Gasteiger partial charge in [0.2, 0.25) is 5.75 Å². The molecule has 0 atom stereocenters. The number of thiazole rings is 1. The number of rotatable bonds is 11. The van der Waals surface area contributed by atoms with Gasteiger partial charge in [0.05, 0.1) is 31.5 Å². The summed E-state index contributed by atoms with van der Waals surface area (Å²) < 4.78 is 17.4. The van der Waals surface area contributed by atoms with E-state index in [4.69, 9.17) is 19.2 Å². The molecule has 0 unspecified atom stereocenters. The number of amides is 1. The summed E-state index contributed by atoms with van der Waals surface area (Å²) in [5, 5.41) is 0.709. The van der Waals surface area contributed by atoms with Crippen LogP contribution >= 0.6 is 23.7 Å². The first kappa shape index (κ1) is 29.4. The van der Waals surface area contributed by atoms with Crippen LogP contribution in [-0.4, -0.2) is 63.3 Å². The summed E-state index contributed by atoms with van der Waals surface area (Å²) in [6, 6.07) is 7.88. The fraction of sp³-hybridized carbons (Fsp3) is 0.407. The highest BCUT2D eigenvalue weighted by Crippen LogP contribution is 2.38. The number of anilines is 1. The van der Waals surface area contributed by atoms with E-state index in [-0.39, 0.29) is 18.3 Å². The van der Waals surface area contributed by atoms with Gasteiger partial charge in [0.15, 0.2) is 16.6 Å². The van der Waals surface area contributed by atoms with E-state index in [2.05, 4.69) is 44.7 Å². The van der Waals surface area contributed by atoms with Crippen molar-refractivity contribution in [1.82, 2.24) is 9.88 Å². The Morgan fingerprint density at radius 2 is 1.61 bits per heavy atom. The molecule has 0 fully saturated rings. The molecule has 1 aromatic heterocycles. The average Bonchev–Trinajstić information content (AvgIpc) is 3.28. The van der Waals surface area contributed by atoms with Gasteiger partial charge in [-0.1, -0.05) is 31.3 Å². The van der Waals surface area contributed by atoms with Gasteiger partial charge in [-0.3, -0.25) is 9.69 Å². The Kier molecular flexibility index (Phi) is 11.0. The summed E-state index contributed by atoms with van der Waals surface area (Å²) in [4.78, 5) is 22.4. The molecule has 1 heterocycles. The predicted molar refractivity (Wildman–Crippen MR) is 152 cm³/mol. The molecule has 0 saturated heterocycles. The van der Waals surface area contributed by atoms with Crippen LogP contribution < -0.4 is 19.1 Å². The molecule has 0 aliphatic carbocycles. The topological polar surface area (TPSA) is 64.1 Å². The minimum absolute atomic E-state index is 0. The summed E-state index contributed by atoms with van der Waals surface area (Å²) in [6.45, 7) is 11.6. The third-order valence-electron chi connectivity index (χ3n) is 5.96. The molecule has 0 bridgehead atoms. The van der Waals surface area contributed by atoms with Gasteiger partial charge in [-0.2, -0.15) is 0 Å². The molecule has 196 valence electrons. The molecule has 0 N–H and O–H groups in total. The zero-order valence-electron chi connectivity index (χ0n) is 22.1. The van der Waals surface area contributed by atoms with Gasteiger partial charge < -0.3 is 19.1 Å². The summed E-state index contributed by atoms with van der Waals surface area (Å²) in [7, 11) is 4.71. The van der Waals surface area contributed by atoms with Gasteiger partial charge in [-0.25, -0.2) is 4.98 Å². The van der Waals surface area contributed by atoms with E-state index >= 15 is 0 Å². The van der Waals surface area contributed by atoms with Gasteiger partial charge >= 0.3 is 0 Å². The second-order valence-corrected chi connectivity index (χ2v) is 9.24. The highest BCUT2D eigenvalue weighted by Gasteiger charge is 2.20. The molecule has 3 aromatic rings. The summed E-state index contributed by atoms with van der Waals surface area (Å²) in [5.41, 5.74) is 4.03. The third-order valence-corrected chi connectivity index (χ3v) is 6.98. The minimum Gasteiger partial charge on any atom is -0.493 e. The Balaban J connectivity index is 0.00000456. The lowest BCUT2D eigenvalue weighted by atomic mass is 10.1. The highest BCUT2D eigenvalue weighted by atomic mass is 35.5. The lowest BCUT2D eigenvalue weighted by Gasteiger charge is -2.23. The van der Waals surface area contributed by atoms with Crippen LogP contribution in [0.5, 0.6) is 17.2 Å². The number of hydrogen-bond donors (Lipinski definition) is 0. The Morgan fingerprint density at radius 1 is 0.972 bits per heavy atom. The van der Waals surface area contributed by atoms with Crippen molar-refractivity contribution in [3.05, 3.63) is 47.0 Å². The standard InChI is InChI=1S/C27H35N3O4S.ClH/c1-8-29(9-2)12-13-30(27-28-25-19(4)14-18(3)15-23(25)35-27)24(31)11-10-20-16-21(32-5)26(34-7)22(17-20)33-6;/h10-11,14-17H,8-9,12-13H2,1-7H3;1H. The molecule has 0 aliphatic rings. The zero-order valence-corrected chi connectivity index (χ0v) is 23.7. The second kappa shape index (κ2) is 13.5. The van der Waals surface area contributed by atoms with Gasteiger partial charge in [0.25, 0.3) is 5.91 Å². The fourth-order valence-electron chi connectivity index (χ4n) is 4.01. The number of carbonyl (C=O) groups is 1. The van der Waals surface area contributed by atoms with Gasteiger partial charge in [-0.05, 0) is 67.9 Å². The number of likely N-dealkylation sites (N-methyl/N-ethyl adjacent to an activating group) is 1. The molecule has 36 heavy (non-hydrogen) atoms. The van der Waals surface area contributed by atoms with Gasteiger partial charge in [0.1, 0.15) is 0 Å². The Bertz CT molecular complexity index is 1180. The van der Waals surface area contributed by atoms with Crippen molar-refractivity contribution >= 4 is 51.1 Å². The number of aryl methyl sites for hydroxylation is 2. The molecular formula is C27H36ClN3O4S. The SMILES string of the molecule is CCN(CC)CCN(C(=O)C=Cc1cc(OC)c(OC)c(OC)c1)c1nc2c(C)cc(C)cc2s1.Cl. The zero-order chi connectivity index (χ0) is 25.5. The average molecular weight is 534 g/mol. The van der Waals surface area contributed by atoms with E-state index in [1.165, 1.54) is 5.56 Å². The molecule has 7 nitrogen and oxygen atoms in total. The van der Waals surface area contributed by atoms with Crippen molar-refractivity contribution in [2.24, 2.45) is 0 Å². The molecule has 0 saturated carbocycles. The highest BCUT2D eigenvalue weighted by molar-refractivity contribution is 7.22. The van der Waals surface area contributed by atoms with Crippen LogP contribution in [0.25, 0.3) is 16.3 Å². The number of methoxy groups -OCH3 is 3. The third kappa shape index (κ3) is 6.69. The van der Waals surface area contributed by atoms with Crippen LogP contribution in [0, 0.1) is 13.8 Å². The number of carbonyl (C=O) groups excluding carboxylic acids is 1. The second-order valence-electron chi connectivity index (χ2n) is 8.23. The maximum Gasteiger partial charge on any atom is 0.252 e. The summed E-state index contributed by atoms with van der Waals surface area (Å²) in [6.07, 6.45) is 3.34. The number of benzene rings is 2. The van der Waals surface area contributed by atoms with Crippen LogP contribution in [-0.2, 0) is 4.79 Å². The monoisotopic (exact) mass is 533 g/mol. The summed E-state index contributed by atoms with van der Waals surface area (Å²) in [5.74, 6) is 1.46. The smallest absolute Gasteiger partial charge is 0.252 e. The van der Waals surface area contributed by atoms with Crippen molar-refractivity contribution < 1.29 is 19.0 Å². The normalized spacial score (nSPS) is 11.1. The quantitative estimate of drug-likeness (QED) is 0.292. The number of nitrogens with zero attached hydrogens (tertiary/aromatic N) is 3. The molecule has 1 amide bonds. The lowest BCUT2D eigenvalue weighted by Crippen LogP contribution is -2.38. The lowest BCUT2D eigenvalue weighted by molar-refractivity contribution is -0.114. The largest absolute Gasteiger partial charge is 0.493 e. The maximum atomic E-state index is 13.5. The molecule has 0 spiro atoms. The van der Waals surface area contributed by atoms with Gasteiger partial charge in [-0.15, -0.1) is 12.4 Å². The number of ether oxygens (including phenoxy) is 3. The van der Waals surface area contributed by atoms with Crippen LogP contribution in [0.4, 0.5) is 5.13 Å². The van der Waals surface area contributed by atoms with Crippen molar-refractivity contribution in [1.29, 1.82) is 0 Å². The molecule has 0 radical (unpaired) electrons. The minimum atomic E-state index is -0.126. The molecule has 3 rings (SSSR count). The number of hydrogen-bond acceptors (Lipinski definition) is 7. The Morgan fingerprint density at radius 3 is 2.17 bits per heavy atom. The van der Waals surface area contributed by atoms with E-state index in [9.17, 15) is 4.79 Å². The number of fused-ring (bicyclic) bond motifs is 1. The molecule has 2 aromatic carbocycles. The fourth-order valence-corrected chi connectivity index (χ4v) is 5.18. The maximum absolute atomic E-state index is 13.5. The molecule has 9 heteroatoms. The van der Waals surface area contributed by atoms with Crippen LogP contribution in [0.2, 0.25) is 0 Å². The van der Waals surface area contributed by atoms with E-state index in [1.807, 2.05) is 12.1 Å². The van der Waals surface area contributed by atoms with Crippen LogP contribution in [0.1, 0.15) is 30.5 Å². The first-order valence-corrected chi connectivity index (χ1v) is 12.6. The first-order chi connectivity index (χ1) is 16.8. The van der Waals surface area contributed by atoms with Crippen molar-refractivity contribution in [3.63, 3.8) is 0 Å². The summed E-state index contributed by atoms with van der Waals surface area (Å²) >= 11 is 1.55. The Hall–Kier alpha value is -2.81. The van der Waals surface area contributed by atoms with E-state index < -0.39 is 0 Å². The van der Waals surface area contributed by atoms with E-state index in [1.54, 1.807) is 49.7 Å². The Labute approximate surface area is 224 Å². The first-order valence-electron chi connectivity index (χ1n) is 11.7. The van der Waals surface area contributed by atoms with Crippen molar-refractivity contribution in [2.45, 2.75) is 27.7 Å². The molecule has 0 aliphatic heterocycles. The van der Waals surface area contributed by atoms with Crippen LogP contribution in [0.15, 0.2) is 30.3 Å². The van der Waals surface area contributed by atoms with Crippen molar-refractivity contribution in [3.8, 4) is 17.2 Å². The van der Waals surface area contributed by atoms with Crippen molar-refractivity contribution in [2.75, 3.05) is 52.4 Å².